The summed E-state index contributed by atoms with van der Waals surface area (Å²) in [5.41, 5.74) is 2.51. The molecule has 1 atom stereocenters. The van der Waals surface area contributed by atoms with E-state index >= 15 is 0 Å². The second kappa shape index (κ2) is 6.66. The van der Waals surface area contributed by atoms with E-state index in [2.05, 4.69) is 10.5 Å². The first kappa shape index (κ1) is 14.7. The highest BCUT2D eigenvalue weighted by atomic mass is 19.1. The summed E-state index contributed by atoms with van der Waals surface area (Å²) < 4.78 is 26.0. The zero-order chi connectivity index (χ0) is 15.4. The molecular weight excluding hydrogens is 286 g/mol. The molecule has 1 heterocycles. The molecule has 0 saturated carbocycles. The third kappa shape index (κ3) is 3.68. The second-order valence-electron chi connectivity index (χ2n) is 5.24. The van der Waals surface area contributed by atoms with Gasteiger partial charge >= 0.3 is 0 Å². The Bertz CT molecular complexity index is 671. The average molecular weight is 302 g/mol. The van der Waals surface area contributed by atoms with E-state index in [-0.39, 0.29) is 17.7 Å². The third-order valence-electron chi connectivity index (χ3n) is 3.51. The first-order valence-electron chi connectivity index (χ1n) is 7.14. The Morgan fingerprint density at radius 3 is 2.68 bits per heavy atom. The van der Waals surface area contributed by atoms with Crippen LogP contribution < -0.4 is 5.32 Å². The first-order valence-corrected chi connectivity index (χ1v) is 7.14. The topological polar surface area (TPSA) is 33.6 Å². The maximum absolute atomic E-state index is 13.2. The van der Waals surface area contributed by atoms with Crippen molar-refractivity contribution in [2.24, 2.45) is 5.16 Å². The average Bonchev–Trinajstić information content (AvgIpc) is 2.98. The Labute approximate surface area is 127 Å². The highest BCUT2D eigenvalue weighted by molar-refractivity contribution is 6.01. The van der Waals surface area contributed by atoms with Crippen LogP contribution in [0.25, 0.3) is 0 Å². The predicted octanol–water partition coefficient (Wildman–Crippen LogP) is 3.25. The van der Waals surface area contributed by atoms with Gasteiger partial charge in [0.2, 0.25) is 0 Å². The maximum atomic E-state index is 13.2. The molecule has 0 amide bonds. The Kier molecular flexibility index (Phi) is 4.44. The minimum Gasteiger partial charge on any atom is -0.390 e. The molecule has 114 valence electrons. The van der Waals surface area contributed by atoms with E-state index in [0.717, 1.165) is 16.8 Å². The number of hydrogen-bond donors (Lipinski definition) is 1. The molecule has 2 aromatic rings. The lowest BCUT2D eigenvalue weighted by molar-refractivity contribution is 0.0848. The van der Waals surface area contributed by atoms with Crippen molar-refractivity contribution >= 4 is 5.71 Å². The van der Waals surface area contributed by atoms with Crippen molar-refractivity contribution in [2.75, 3.05) is 6.54 Å². The van der Waals surface area contributed by atoms with Crippen LogP contribution in [0.3, 0.4) is 0 Å². The van der Waals surface area contributed by atoms with Gasteiger partial charge in [0.15, 0.2) is 0 Å². The summed E-state index contributed by atoms with van der Waals surface area (Å²) in [7, 11) is 0. The number of nitrogens with one attached hydrogen (secondary N) is 1. The molecule has 2 aromatic carbocycles. The van der Waals surface area contributed by atoms with Crippen LogP contribution in [-0.2, 0) is 11.4 Å². The molecule has 0 spiro atoms. The molecule has 0 fully saturated rings. The Morgan fingerprint density at radius 2 is 1.91 bits per heavy atom. The van der Waals surface area contributed by atoms with Gasteiger partial charge in [0.05, 0.1) is 5.71 Å². The fraction of sp³-hybridized carbons (Fsp3) is 0.235. The number of oxime groups is 1. The highest BCUT2D eigenvalue weighted by Gasteiger charge is 2.21. The molecule has 1 aliphatic heterocycles. The number of nitrogens with zero attached hydrogens (tertiary/aromatic N) is 1. The Balaban J connectivity index is 1.47. The monoisotopic (exact) mass is 302 g/mol. The van der Waals surface area contributed by atoms with E-state index in [1.54, 1.807) is 18.2 Å². The van der Waals surface area contributed by atoms with Gasteiger partial charge in [-0.3, -0.25) is 0 Å². The highest BCUT2D eigenvalue weighted by Crippen LogP contribution is 2.17. The molecule has 3 nitrogen and oxygen atoms in total. The minimum absolute atomic E-state index is 0.0706. The normalized spacial score (nSPS) is 17.2. The van der Waals surface area contributed by atoms with Gasteiger partial charge in [-0.25, -0.2) is 8.78 Å². The van der Waals surface area contributed by atoms with Gasteiger partial charge in [-0.2, -0.15) is 0 Å². The van der Waals surface area contributed by atoms with Crippen LogP contribution in [0.4, 0.5) is 8.78 Å². The SMILES string of the molecule is Fc1ccc(CNC[C@H]2CC(c3cccc(F)c3)=NO2)cc1. The van der Waals surface area contributed by atoms with E-state index in [0.29, 0.717) is 19.5 Å². The van der Waals surface area contributed by atoms with Crippen molar-refractivity contribution in [3.63, 3.8) is 0 Å². The molecule has 0 unspecified atom stereocenters. The predicted molar refractivity (Wildman–Crippen MR) is 80.5 cm³/mol. The maximum Gasteiger partial charge on any atom is 0.145 e. The molecule has 0 radical (unpaired) electrons. The number of hydrogen-bond acceptors (Lipinski definition) is 3. The molecule has 0 aliphatic carbocycles. The van der Waals surface area contributed by atoms with Crippen molar-refractivity contribution in [1.82, 2.24) is 5.32 Å². The second-order valence-corrected chi connectivity index (χ2v) is 5.24. The third-order valence-corrected chi connectivity index (χ3v) is 3.51. The van der Waals surface area contributed by atoms with E-state index in [4.69, 9.17) is 4.84 Å². The summed E-state index contributed by atoms with van der Waals surface area (Å²) >= 11 is 0. The van der Waals surface area contributed by atoms with Crippen LogP contribution in [-0.4, -0.2) is 18.4 Å². The Morgan fingerprint density at radius 1 is 1.09 bits per heavy atom. The molecule has 3 rings (SSSR count). The zero-order valence-corrected chi connectivity index (χ0v) is 11.9. The summed E-state index contributed by atoms with van der Waals surface area (Å²) in [6.07, 6.45) is 0.568. The summed E-state index contributed by atoms with van der Waals surface area (Å²) in [6, 6.07) is 12.7. The molecule has 5 heteroatoms. The fourth-order valence-corrected chi connectivity index (χ4v) is 2.36. The van der Waals surface area contributed by atoms with Crippen LogP contribution >= 0.6 is 0 Å². The summed E-state index contributed by atoms with van der Waals surface area (Å²) in [4.78, 5) is 5.36. The van der Waals surface area contributed by atoms with Crippen molar-refractivity contribution in [3.05, 3.63) is 71.3 Å². The summed E-state index contributed by atoms with van der Waals surface area (Å²) in [5.74, 6) is -0.519. The van der Waals surface area contributed by atoms with Gasteiger partial charge in [-0.1, -0.05) is 29.4 Å². The summed E-state index contributed by atoms with van der Waals surface area (Å²) in [5, 5.41) is 7.28. The largest absolute Gasteiger partial charge is 0.390 e. The smallest absolute Gasteiger partial charge is 0.145 e. The summed E-state index contributed by atoms with van der Waals surface area (Å²) in [6.45, 7) is 1.26. The van der Waals surface area contributed by atoms with Gasteiger partial charge in [0.25, 0.3) is 0 Å². The molecule has 1 N–H and O–H groups in total. The number of halogens is 2. The standard InChI is InChI=1S/C17H16F2N2O/c18-14-6-4-12(5-7-14)10-20-11-16-9-17(21-22-16)13-2-1-3-15(19)8-13/h1-8,16,20H,9-11H2/t16-/m1/s1. The molecule has 22 heavy (non-hydrogen) atoms. The zero-order valence-electron chi connectivity index (χ0n) is 11.9. The van der Waals surface area contributed by atoms with Gasteiger partial charge in [-0.15, -0.1) is 0 Å². The molecule has 0 bridgehead atoms. The minimum atomic E-state index is -0.280. The van der Waals surface area contributed by atoms with E-state index in [1.807, 2.05) is 6.07 Å². The fourth-order valence-electron chi connectivity index (χ4n) is 2.36. The van der Waals surface area contributed by atoms with Crippen LogP contribution in [0, 0.1) is 11.6 Å². The molecule has 0 aromatic heterocycles. The van der Waals surface area contributed by atoms with Crippen LogP contribution in [0.5, 0.6) is 0 Å². The quantitative estimate of drug-likeness (QED) is 0.920. The van der Waals surface area contributed by atoms with Gasteiger partial charge in [0.1, 0.15) is 17.7 Å². The van der Waals surface area contributed by atoms with E-state index in [1.165, 1.54) is 24.3 Å². The Hall–Kier alpha value is -2.27. The van der Waals surface area contributed by atoms with E-state index in [9.17, 15) is 8.78 Å². The number of rotatable bonds is 5. The van der Waals surface area contributed by atoms with E-state index < -0.39 is 0 Å². The van der Waals surface area contributed by atoms with Crippen molar-refractivity contribution in [3.8, 4) is 0 Å². The van der Waals surface area contributed by atoms with Gasteiger partial charge < -0.3 is 10.2 Å². The van der Waals surface area contributed by atoms with Crippen LogP contribution in [0.2, 0.25) is 0 Å². The molecule has 1 aliphatic rings. The lowest BCUT2D eigenvalue weighted by atomic mass is 10.0. The van der Waals surface area contributed by atoms with Crippen LogP contribution in [0.15, 0.2) is 53.7 Å². The molecular formula is C17H16F2N2O. The van der Waals surface area contributed by atoms with Crippen molar-refractivity contribution < 1.29 is 13.6 Å². The lowest BCUT2D eigenvalue weighted by Crippen LogP contribution is -2.26. The van der Waals surface area contributed by atoms with Crippen LogP contribution in [0.1, 0.15) is 17.5 Å². The van der Waals surface area contributed by atoms with Crippen molar-refractivity contribution in [1.29, 1.82) is 0 Å². The van der Waals surface area contributed by atoms with Crippen molar-refractivity contribution in [2.45, 2.75) is 19.1 Å². The number of benzene rings is 2. The lowest BCUT2D eigenvalue weighted by Gasteiger charge is -2.09. The van der Waals surface area contributed by atoms with Gasteiger partial charge in [-0.05, 0) is 29.8 Å². The molecule has 0 saturated heterocycles. The van der Waals surface area contributed by atoms with Gasteiger partial charge in [0, 0.05) is 25.1 Å². The first-order chi connectivity index (χ1) is 10.7.